The van der Waals surface area contributed by atoms with Crippen molar-refractivity contribution in [2.45, 2.75) is 45.2 Å². The van der Waals surface area contributed by atoms with E-state index in [0.717, 1.165) is 12.8 Å². The fourth-order valence-corrected chi connectivity index (χ4v) is 2.43. The van der Waals surface area contributed by atoms with E-state index in [1.165, 1.54) is 7.11 Å². The maximum absolute atomic E-state index is 11.8. The summed E-state index contributed by atoms with van der Waals surface area (Å²) in [7, 11) is 1.50. The molecule has 1 fully saturated rings. The van der Waals surface area contributed by atoms with Gasteiger partial charge in [-0.3, -0.25) is 0 Å². The second-order valence-corrected chi connectivity index (χ2v) is 5.31. The van der Waals surface area contributed by atoms with Gasteiger partial charge in [0, 0.05) is 26.2 Å². The van der Waals surface area contributed by atoms with Gasteiger partial charge in [0.25, 0.3) is 0 Å². The largest absolute Gasteiger partial charge is 0.480 e. The summed E-state index contributed by atoms with van der Waals surface area (Å²) in [5.41, 5.74) is 0. The zero-order chi connectivity index (χ0) is 14.4. The second kappa shape index (κ2) is 7.33. The van der Waals surface area contributed by atoms with E-state index in [1.54, 1.807) is 0 Å². The Kier molecular flexibility index (Phi) is 6.08. The van der Waals surface area contributed by atoms with Crippen LogP contribution in [0.25, 0.3) is 0 Å². The van der Waals surface area contributed by atoms with E-state index >= 15 is 0 Å². The average molecular weight is 272 g/mol. The van der Waals surface area contributed by atoms with Crippen molar-refractivity contribution in [1.82, 2.24) is 10.6 Å². The molecule has 0 aromatic heterocycles. The standard InChI is InChI=1S/C13H24N2O4/c1-8-4-5-10(9(8)2)14-13(18)15-11(12(16)17)6-7-19-3/h8-11H,4-7H2,1-3H3,(H,16,17)(H2,14,15,18). The number of hydrogen-bond donors (Lipinski definition) is 3. The number of hydrogen-bond acceptors (Lipinski definition) is 3. The Balaban J connectivity index is 2.42. The van der Waals surface area contributed by atoms with Crippen LogP contribution in [0.1, 0.15) is 33.1 Å². The van der Waals surface area contributed by atoms with Crippen LogP contribution in [0.15, 0.2) is 0 Å². The highest BCUT2D eigenvalue weighted by Gasteiger charge is 2.31. The van der Waals surface area contributed by atoms with Crippen molar-refractivity contribution in [1.29, 1.82) is 0 Å². The van der Waals surface area contributed by atoms with Gasteiger partial charge in [0.1, 0.15) is 6.04 Å². The maximum atomic E-state index is 11.8. The molecule has 110 valence electrons. The first-order valence-corrected chi connectivity index (χ1v) is 6.74. The van der Waals surface area contributed by atoms with Gasteiger partial charge in [0.2, 0.25) is 0 Å². The van der Waals surface area contributed by atoms with Gasteiger partial charge >= 0.3 is 12.0 Å². The summed E-state index contributed by atoms with van der Waals surface area (Å²) in [4.78, 5) is 22.8. The van der Waals surface area contributed by atoms with Gasteiger partial charge in [-0.1, -0.05) is 13.8 Å². The van der Waals surface area contributed by atoms with Crippen molar-refractivity contribution < 1.29 is 19.4 Å². The third-order valence-electron chi connectivity index (χ3n) is 4.00. The lowest BCUT2D eigenvalue weighted by molar-refractivity contribution is -0.139. The summed E-state index contributed by atoms with van der Waals surface area (Å²) in [6, 6.07) is -1.18. The molecule has 0 spiro atoms. The number of nitrogens with one attached hydrogen (secondary N) is 2. The van der Waals surface area contributed by atoms with Crippen LogP contribution in [0.3, 0.4) is 0 Å². The van der Waals surface area contributed by atoms with E-state index in [4.69, 9.17) is 9.84 Å². The van der Waals surface area contributed by atoms with Crippen LogP contribution in [-0.4, -0.2) is 42.9 Å². The molecule has 3 N–H and O–H groups in total. The van der Waals surface area contributed by atoms with Crippen LogP contribution < -0.4 is 10.6 Å². The third kappa shape index (κ3) is 4.70. The minimum atomic E-state index is -1.04. The van der Waals surface area contributed by atoms with Crippen molar-refractivity contribution in [2.75, 3.05) is 13.7 Å². The molecule has 6 nitrogen and oxygen atoms in total. The SMILES string of the molecule is COCCC(NC(=O)NC1CCC(C)C1C)C(=O)O. The molecule has 1 rings (SSSR count). The second-order valence-electron chi connectivity index (χ2n) is 5.31. The topological polar surface area (TPSA) is 87.7 Å². The fourth-order valence-electron chi connectivity index (χ4n) is 2.43. The molecular weight excluding hydrogens is 248 g/mol. The lowest BCUT2D eigenvalue weighted by Crippen LogP contribution is -2.50. The van der Waals surface area contributed by atoms with E-state index < -0.39 is 18.0 Å². The quantitative estimate of drug-likeness (QED) is 0.678. The highest BCUT2D eigenvalue weighted by Crippen LogP contribution is 2.30. The highest BCUT2D eigenvalue weighted by atomic mass is 16.5. The minimum absolute atomic E-state index is 0.131. The van der Waals surface area contributed by atoms with Gasteiger partial charge in [0.15, 0.2) is 0 Å². The average Bonchev–Trinajstić information content (AvgIpc) is 2.66. The van der Waals surface area contributed by atoms with Gasteiger partial charge < -0.3 is 20.5 Å². The number of carboxylic acid groups (broad SMARTS) is 1. The molecule has 0 aliphatic heterocycles. The van der Waals surface area contributed by atoms with E-state index in [-0.39, 0.29) is 12.5 Å². The van der Waals surface area contributed by atoms with Crippen LogP contribution in [0.5, 0.6) is 0 Å². The van der Waals surface area contributed by atoms with Gasteiger partial charge in [-0.25, -0.2) is 9.59 Å². The summed E-state index contributed by atoms with van der Waals surface area (Å²) in [6.45, 7) is 4.58. The molecule has 1 saturated carbocycles. The number of ether oxygens (including phenoxy) is 1. The van der Waals surface area contributed by atoms with Gasteiger partial charge in [-0.2, -0.15) is 0 Å². The first-order chi connectivity index (χ1) is 8.95. The Morgan fingerprint density at radius 1 is 1.37 bits per heavy atom. The molecular formula is C13H24N2O4. The molecule has 2 amide bonds. The molecule has 0 saturated heterocycles. The van der Waals surface area contributed by atoms with Gasteiger partial charge in [-0.05, 0) is 24.7 Å². The Hall–Kier alpha value is -1.30. The monoisotopic (exact) mass is 272 g/mol. The molecule has 0 aromatic carbocycles. The summed E-state index contributed by atoms with van der Waals surface area (Å²) < 4.78 is 4.83. The number of aliphatic carboxylic acids is 1. The van der Waals surface area contributed by atoms with Crippen LogP contribution in [0.2, 0.25) is 0 Å². The molecule has 0 aromatic rings. The third-order valence-corrected chi connectivity index (χ3v) is 4.00. The number of amides is 2. The smallest absolute Gasteiger partial charge is 0.326 e. The Bertz CT molecular complexity index is 322. The van der Waals surface area contributed by atoms with E-state index in [9.17, 15) is 9.59 Å². The van der Waals surface area contributed by atoms with Crippen molar-refractivity contribution in [3.8, 4) is 0 Å². The molecule has 4 atom stereocenters. The molecule has 0 bridgehead atoms. The highest BCUT2D eigenvalue weighted by molar-refractivity contribution is 5.82. The molecule has 6 heteroatoms. The molecule has 1 aliphatic rings. The van der Waals surface area contributed by atoms with Crippen molar-refractivity contribution in [2.24, 2.45) is 11.8 Å². The van der Waals surface area contributed by atoms with Gasteiger partial charge in [0.05, 0.1) is 0 Å². The maximum Gasteiger partial charge on any atom is 0.326 e. The number of methoxy groups -OCH3 is 1. The first-order valence-electron chi connectivity index (χ1n) is 6.74. The summed E-state index contributed by atoms with van der Waals surface area (Å²) >= 11 is 0. The number of urea groups is 1. The first kappa shape index (κ1) is 15.8. The van der Waals surface area contributed by atoms with Crippen LogP contribution in [-0.2, 0) is 9.53 Å². The van der Waals surface area contributed by atoms with Crippen LogP contribution in [0, 0.1) is 11.8 Å². The van der Waals surface area contributed by atoms with Crippen molar-refractivity contribution in [3.63, 3.8) is 0 Å². The lowest BCUT2D eigenvalue weighted by atomic mass is 9.98. The lowest BCUT2D eigenvalue weighted by Gasteiger charge is -2.21. The molecule has 19 heavy (non-hydrogen) atoms. The van der Waals surface area contributed by atoms with Crippen molar-refractivity contribution >= 4 is 12.0 Å². The summed E-state index contributed by atoms with van der Waals surface area (Å²) in [5.74, 6) is -0.0258. The molecule has 0 heterocycles. The number of carboxylic acids is 1. The van der Waals surface area contributed by atoms with E-state index in [2.05, 4.69) is 24.5 Å². The van der Waals surface area contributed by atoms with E-state index in [0.29, 0.717) is 18.4 Å². The predicted molar refractivity (Wildman–Crippen MR) is 70.9 cm³/mol. The molecule has 4 unspecified atom stereocenters. The zero-order valence-corrected chi connectivity index (χ0v) is 11.8. The van der Waals surface area contributed by atoms with Crippen molar-refractivity contribution in [3.05, 3.63) is 0 Å². The van der Waals surface area contributed by atoms with Crippen LogP contribution in [0.4, 0.5) is 4.79 Å². The number of carbonyl (C=O) groups excluding carboxylic acids is 1. The number of carbonyl (C=O) groups is 2. The van der Waals surface area contributed by atoms with E-state index in [1.807, 2.05) is 0 Å². The summed E-state index contributed by atoms with van der Waals surface area (Å²) in [6.07, 6.45) is 2.31. The molecule has 0 radical (unpaired) electrons. The van der Waals surface area contributed by atoms with Crippen LogP contribution >= 0.6 is 0 Å². The molecule has 1 aliphatic carbocycles. The number of rotatable bonds is 6. The predicted octanol–water partition coefficient (Wildman–Crippen LogP) is 1.21. The zero-order valence-electron chi connectivity index (χ0n) is 11.8. The Labute approximate surface area is 113 Å². The Morgan fingerprint density at radius 2 is 2.05 bits per heavy atom. The summed E-state index contributed by atoms with van der Waals surface area (Å²) in [5, 5.41) is 14.4. The Morgan fingerprint density at radius 3 is 2.53 bits per heavy atom. The fraction of sp³-hybridized carbons (Fsp3) is 0.846. The van der Waals surface area contributed by atoms with Gasteiger partial charge in [-0.15, -0.1) is 0 Å². The minimum Gasteiger partial charge on any atom is -0.480 e. The normalized spacial score (nSPS) is 27.8.